The predicted molar refractivity (Wildman–Crippen MR) is 68.4 cm³/mol. The molecule has 4 N–H and O–H groups in total. The number of nitrogens with one attached hydrogen (secondary N) is 2. The molecule has 0 atom stereocenters. The molecule has 0 saturated heterocycles. The molecule has 0 aliphatic heterocycles. The molecule has 0 fully saturated rings. The van der Waals surface area contributed by atoms with Gasteiger partial charge in [-0.1, -0.05) is 6.07 Å². The summed E-state index contributed by atoms with van der Waals surface area (Å²) in [6, 6.07) is 3.19. The summed E-state index contributed by atoms with van der Waals surface area (Å²) in [7, 11) is -4.15. The normalized spacial score (nSPS) is 11.6. The van der Waals surface area contributed by atoms with Crippen LogP contribution in [-0.2, 0) is 16.6 Å². The average molecular weight is 302 g/mol. The molecule has 0 unspecified atom stereocenters. The van der Waals surface area contributed by atoms with E-state index in [9.17, 15) is 17.2 Å². The summed E-state index contributed by atoms with van der Waals surface area (Å²) in [5.41, 5.74) is 5.74. The molecule has 0 aliphatic rings. The summed E-state index contributed by atoms with van der Waals surface area (Å²) in [6.45, 7) is 1.56. The Labute approximate surface area is 114 Å². The second kappa shape index (κ2) is 5.17. The van der Waals surface area contributed by atoms with E-state index in [0.29, 0.717) is 5.69 Å². The summed E-state index contributed by atoms with van der Waals surface area (Å²) < 4.78 is 52.7. The van der Waals surface area contributed by atoms with Crippen molar-refractivity contribution in [3.05, 3.63) is 41.1 Å². The van der Waals surface area contributed by atoms with Gasteiger partial charge in [0.05, 0.1) is 5.69 Å². The molecule has 0 spiro atoms. The molecule has 1 heterocycles. The van der Waals surface area contributed by atoms with Crippen LogP contribution in [0, 0.1) is 18.6 Å². The molecule has 0 saturated carbocycles. The Morgan fingerprint density at radius 1 is 1.40 bits per heavy atom. The van der Waals surface area contributed by atoms with Crippen molar-refractivity contribution in [2.45, 2.75) is 18.5 Å². The Hall–Kier alpha value is -2.00. The third-order valence-electron chi connectivity index (χ3n) is 2.69. The van der Waals surface area contributed by atoms with Crippen molar-refractivity contribution in [1.82, 2.24) is 10.2 Å². The fraction of sp³-hybridized carbons (Fsp3) is 0.182. The third kappa shape index (κ3) is 2.49. The number of nitrogens with zero attached hydrogens (tertiary/aromatic N) is 1. The monoisotopic (exact) mass is 302 g/mol. The first-order valence-corrected chi connectivity index (χ1v) is 7.06. The first-order valence-electron chi connectivity index (χ1n) is 5.57. The topological polar surface area (TPSA) is 101 Å². The lowest BCUT2D eigenvalue weighted by Crippen LogP contribution is -2.17. The molecule has 0 amide bonds. The first-order chi connectivity index (χ1) is 9.36. The maximum atomic E-state index is 13.5. The van der Waals surface area contributed by atoms with Gasteiger partial charge < -0.3 is 5.73 Å². The number of sulfonamides is 1. The lowest BCUT2D eigenvalue weighted by atomic mass is 10.3. The number of H-pyrrole nitrogens is 1. The van der Waals surface area contributed by atoms with Crippen LogP contribution >= 0.6 is 0 Å². The van der Waals surface area contributed by atoms with Gasteiger partial charge in [-0.25, -0.2) is 8.78 Å². The molecule has 1 aromatic heterocycles. The smallest absolute Gasteiger partial charge is 0.281 e. The van der Waals surface area contributed by atoms with Gasteiger partial charge in [0.2, 0.25) is 5.03 Å². The summed E-state index contributed by atoms with van der Waals surface area (Å²) in [5.74, 6) is -2.43. The van der Waals surface area contributed by atoms with E-state index in [-0.39, 0.29) is 17.1 Å². The van der Waals surface area contributed by atoms with Crippen molar-refractivity contribution >= 4 is 15.7 Å². The Bertz CT molecular complexity index is 743. The van der Waals surface area contributed by atoms with E-state index in [0.717, 1.165) is 12.1 Å². The van der Waals surface area contributed by atoms with Crippen LogP contribution in [0.15, 0.2) is 23.2 Å². The van der Waals surface area contributed by atoms with Crippen LogP contribution in [0.4, 0.5) is 14.5 Å². The maximum Gasteiger partial charge on any atom is 0.281 e. The quantitative estimate of drug-likeness (QED) is 0.791. The van der Waals surface area contributed by atoms with Crippen LogP contribution < -0.4 is 10.5 Å². The molecule has 6 nitrogen and oxygen atoms in total. The summed E-state index contributed by atoms with van der Waals surface area (Å²) >= 11 is 0. The van der Waals surface area contributed by atoms with E-state index in [4.69, 9.17) is 5.73 Å². The number of anilines is 1. The van der Waals surface area contributed by atoms with Crippen LogP contribution in [0.3, 0.4) is 0 Å². The number of halogens is 2. The number of benzene rings is 1. The first kappa shape index (κ1) is 14.4. The molecule has 20 heavy (non-hydrogen) atoms. The number of aryl methyl sites for hydroxylation is 1. The maximum absolute atomic E-state index is 13.5. The van der Waals surface area contributed by atoms with Gasteiger partial charge in [-0.05, 0) is 19.1 Å². The molecule has 0 aliphatic carbocycles. The van der Waals surface area contributed by atoms with Gasteiger partial charge >= 0.3 is 0 Å². The molecular formula is C11H12F2N4O2S. The average Bonchev–Trinajstić information content (AvgIpc) is 2.76. The largest absolute Gasteiger partial charge is 0.326 e. The van der Waals surface area contributed by atoms with E-state index in [1.807, 2.05) is 4.72 Å². The van der Waals surface area contributed by atoms with Gasteiger partial charge in [-0.3, -0.25) is 9.82 Å². The Morgan fingerprint density at radius 2 is 2.10 bits per heavy atom. The molecule has 0 radical (unpaired) electrons. The van der Waals surface area contributed by atoms with Crippen molar-refractivity contribution in [2.24, 2.45) is 5.73 Å². The highest BCUT2D eigenvalue weighted by atomic mass is 32.2. The zero-order valence-electron chi connectivity index (χ0n) is 10.4. The van der Waals surface area contributed by atoms with Crippen LogP contribution in [0.5, 0.6) is 0 Å². The zero-order chi connectivity index (χ0) is 14.9. The van der Waals surface area contributed by atoms with E-state index in [2.05, 4.69) is 10.2 Å². The van der Waals surface area contributed by atoms with Crippen molar-refractivity contribution in [3.8, 4) is 0 Å². The number of rotatable bonds is 4. The van der Waals surface area contributed by atoms with Crippen molar-refractivity contribution in [2.75, 3.05) is 4.72 Å². The zero-order valence-corrected chi connectivity index (χ0v) is 11.3. The van der Waals surface area contributed by atoms with Gasteiger partial charge in [-0.15, -0.1) is 0 Å². The summed E-state index contributed by atoms with van der Waals surface area (Å²) in [4.78, 5) is 0. The molecule has 2 rings (SSSR count). The summed E-state index contributed by atoms with van der Waals surface area (Å²) in [6.07, 6.45) is 0. The fourth-order valence-electron chi connectivity index (χ4n) is 1.67. The van der Waals surface area contributed by atoms with Gasteiger partial charge in [0.15, 0.2) is 11.6 Å². The van der Waals surface area contributed by atoms with Crippen LogP contribution in [0.1, 0.15) is 11.3 Å². The van der Waals surface area contributed by atoms with Gasteiger partial charge in [0.1, 0.15) is 0 Å². The van der Waals surface area contributed by atoms with Gasteiger partial charge in [0.25, 0.3) is 10.0 Å². The van der Waals surface area contributed by atoms with Crippen molar-refractivity contribution < 1.29 is 17.2 Å². The number of hydrogen-bond donors (Lipinski definition) is 3. The van der Waals surface area contributed by atoms with Gasteiger partial charge in [0, 0.05) is 17.8 Å². The third-order valence-corrected chi connectivity index (χ3v) is 4.03. The molecule has 9 heteroatoms. The molecule has 2 aromatic rings. The molecular weight excluding hydrogens is 290 g/mol. The Morgan fingerprint density at radius 3 is 2.75 bits per heavy atom. The molecule has 108 valence electrons. The Balaban J connectivity index is 2.44. The summed E-state index contributed by atoms with van der Waals surface area (Å²) in [5, 5.41) is 5.79. The standard InChI is InChI=1S/C11H12F2N4O2S/c1-6-7(5-14)11(16-15-6)20(18,19)17-9-4-2-3-8(12)10(9)13/h2-4,17H,5,14H2,1H3,(H,15,16). The number of nitrogens with two attached hydrogens (primary N) is 1. The SMILES string of the molecule is Cc1[nH]nc(S(=O)(=O)Nc2cccc(F)c2F)c1CN. The molecule has 0 bridgehead atoms. The van der Waals surface area contributed by atoms with Crippen molar-refractivity contribution in [1.29, 1.82) is 0 Å². The van der Waals surface area contributed by atoms with Crippen LogP contribution in [0.25, 0.3) is 0 Å². The lowest BCUT2D eigenvalue weighted by Gasteiger charge is -2.08. The van der Waals surface area contributed by atoms with Crippen molar-refractivity contribution in [3.63, 3.8) is 0 Å². The van der Waals surface area contributed by atoms with E-state index < -0.39 is 27.3 Å². The number of aromatic nitrogens is 2. The van der Waals surface area contributed by atoms with E-state index in [1.165, 1.54) is 6.07 Å². The lowest BCUT2D eigenvalue weighted by molar-refractivity contribution is 0.511. The Kier molecular flexibility index (Phi) is 3.73. The van der Waals surface area contributed by atoms with E-state index >= 15 is 0 Å². The minimum atomic E-state index is -4.15. The minimum absolute atomic E-state index is 0.0514. The highest BCUT2D eigenvalue weighted by molar-refractivity contribution is 7.92. The predicted octanol–water partition coefficient (Wildman–Crippen LogP) is 1.26. The van der Waals surface area contributed by atoms with Gasteiger partial charge in [-0.2, -0.15) is 13.5 Å². The van der Waals surface area contributed by atoms with Crippen LogP contribution in [-0.4, -0.2) is 18.6 Å². The molecule has 1 aromatic carbocycles. The number of aromatic amines is 1. The minimum Gasteiger partial charge on any atom is -0.326 e. The highest BCUT2D eigenvalue weighted by Gasteiger charge is 2.24. The second-order valence-electron chi connectivity index (χ2n) is 4.04. The van der Waals surface area contributed by atoms with Crippen LogP contribution in [0.2, 0.25) is 0 Å². The number of hydrogen-bond acceptors (Lipinski definition) is 4. The van der Waals surface area contributed by atoms with E-state index in [1.54, 1.807) is 6.92 Å². The second-order valence-corrected chi connectivity index (χ2v) is 5.64. The highest BCUT2D eigenvalue weighted by Crippen LogP contribution is 2.22. The fourth-order valence-corrected chi connectivity index (χ4v) is 2.94.